The molecule has 0 radical (unpaired) electrons. The van der Waals surface area contributed by atoms with E-state index in [1.54, 1.807) is 18.2 Å². The molecule has 2 aromatic carbocycles. The Bertz CT molecular complexity index is 722. The second kappa shape index (κ2) is 7.14. The SMILES string of the molecule is C#CCOc1cc(F)ccc1NC(=O)Cc1ccccc1O. The number of nitrogens with one attached hydrogen (secondary N) is 1. The van der Waals surface area contributed by atoms with Gasteiger partial charge in [-0.05, 0) is 18.2 Å². The van der Waals surface area contributed by atoms with Gasteiger partial charge in [-0.15, -0.1) is 6.42 Å². The van der Waals surface area contributed by atoms with Crippen LogP contribution >= 0.6 is 0 Å². The van der Waals surface area contributed by atoms with Crippen molar-refractivity contribution < 1.29 is 19.0 Å². The van der Waals surface area contributed by atoms with Crippen LogP contribution in [0.2, 0.25) is 0 Å². The Morgan fingerprint density at radius 2 is 2.09 bits per heavy atom. The molecule has 0 saturated heterocycles. The molecule has 4 nitrogen and oxygen atoms in total. The van der Waals surface area contributed by atoms with Gasteiger partial charge in [0, 0.05) is 11.6 Å². The maximum atomic E-state index is 13.2. The number of carbonyl (C=O) groups excluding carboxylic acids is 1. The van der Waals surface area contributed by atoms with Gasteiger partial charge < -0.3 is 15.2 Å². The Balaban J connectivity index is 2.11. The lowest BCUT2D eigenvalue weighted by molar-refractivity contribution is -0.115. The van der Waals surface area contributed by atoms with E-state index in [1.807, 2.05) is 0 Å². The summed E-state index contributed by atoms with van der Waals surface area (Å²) in [6, 6.07) is 10.3. The van der Waals surface area contributed by atoms with Crippen LogP contribution in [0.3, 0.4) is 0 Å². The van der Waals surface area contributed by atoms with E-state index in [2.05, 4.69) is 11.2 Å². The third kappa shape index (κ3) is 4.00. The Labute approximate surface area is 127 Å². The van der Waals surface area contributed by atoms with Gasteiger partial charge in [0.05, 0.1) is 12.1 Å². The van der Waals surface area contributed by atoms with Crippen LogP contribution in [-0.2, 0) is 11.2 Å². The molecule has 2 N–H and O–H groups in total. The van der Waals surface area contributed by atoms with Crippen LogP contribution in [0.5, 0.6) is 11.5 Å². The van der Waals surface area contributed by atoms with Crippen LogP contribution < -0.4 is 10.1 Å². The summed E-state index contributed by atoms with van der Waals surface area (Å²) in [5, 5.41) is 12.3. The number of hydrogen-bond donors (Lipinski definition) is 2. The number of amides is 1. The van der Waals surface area contributed by atoms with Gasteiger partial charge in [-0.25, -0.2) is 4.39 Å². The van der Waals surface area contributed by atoms with Crippen LogP contribution in [0, 0.1) is 18.2 Å². The molecule has 0 aliphatic rings. The van der Waals surface area contributed by atoms with Gasteiger partial charge in [-0.3, -0.25) is 4.79 Å². The Morgan fingerprint density at radius 3 is 2.82 bits per heavy atom. The van der Waals surface area contributed by atoms with Gasteiger partial charge in [-0.1, -0.05) is 24.1 Å². The number of benzene rings is 2. The minimum Gasteiger partial charge on any atom is -0.508 e. The van der Waals surface area contributed by atoms with E-state index in [4.69, 9.17) is 11.2 Å². The average molecular weight is 299 g/mol. The summed E-state index contributed by atoms with van der Waals surface area (Å²) < 4.78 is 18.4. The summed E-state index contributed by atoms with van der Waals surface area (Å²) in [6.07, 6.45) is 5.09. The second-order valence-electron chi connectivity index (χ2n) is 4.49. The van der Waals surface area contributed by atoms with E-state index in [9.17, 15) is 14.3 Å². The molecule has 0 atom stereocenters. The minimum atomic E-state index is -0.495. The summed E-state index contributed by atoms with van der Waals surface area (Å²) >= 11 is 0. The van der Waals surface area contributed by atoms with Crippen LogP contribution in [0.1, 0.15) is 5.56 Å². The minimum absolute atomic E-state index is 0.0152. The number of terminal acetylenes is 1. The predicted octanol–water partition coefficient (Wildman–Crippen LogP) is 2.72. The third-order valence-electron chi connectivity index (χ3n) is 2.87. The fourth-order valence-electron chi connectivity index (χ4n) is 1.87. The molecule has 0 aromatic heterocycles. The second-order valence-corrected chi connectivity index (χ2v) is 4.49. The fourth-order valence-corrected chi connectivity index (χ4v) is 1.87. The molecule has 2 aromatic rings. The van der Waals surface area contributed by atoms with Crippen molar-refractivity contribution in [2.45, 2.75) is 6.42 Å². The molecule has 0 heterocycles. The van der Waals surface area contributed by atoms with Crippen LogP contribution in [0.25, 0.3) is 0 Å². The highest BCUT2D eigenvalue weighted by Gasteiger charge is 2.11. The molecule has 0 saturated carbocycles. The molecular weight excluding hydrogens is 285 g/mol. The molecule has 1 amide bonds. The van der Waals surface area contributed by atoms with E-state index >= 15 is 0 Å². The summed E-state index contributed by atoms with van der Waals surface area (Å²) in [5.74, 6) is 1.61. The number of phenols is 1. The number of ether oxygens (including phenoxy) is 1. The first-order valence-electron chi connectivity index (χ1n) is 6.52. The molecule has 0 aliphatic carbocycles. The molecule has 22 heavy (non-hydrogen) atoms. The molecular formula is C17H14FNO3. The molecule has 5 heteroatoms. The highest BCUT2D eigenvalue weighted by atomic mass is 19.1. The number of phenolic OH excluding ortho intramolecular Hbond substituents is 1. The number of hydrogen-bond acceptors (Lipinski definition) is 3. The van der Waals surface area contributed by atoms with Gasteiger partial charge in [0.25, 0.3) is 0 Å². The maximum absolute atomic E-state index is 13.2. The van der Waals surface area contributed by atoms with Crippen molar-refractivity contribution in [3.8, 4) is 23.8 Å². The maximum Gasteiger partial charge on any atom is 0.229 e. The van der Waals surface area contributed by atoms with Gasteiger partial charge in [0.1, 0.15) is 23.9 Å². The Kier molecular flexibility index (Phi) is 4.99. The summed E-state index contributed by atoms with van der Waals surface area (Å²) in [5.41, 5.74) is 0.810. The van der Waals surface area contributed by atoms with E-state index < -0.39 is 5.82 Å². The normalized spacial score (nSPS) is 9.82. The molecule has 0 bridgehead atoms. The average Bonchev–Trinajstić information content (AvgIpc) is 2.50. The van der Waals surface area contributed by atoms with Crippen molar-refractivity contribution in [1.29, 1.82) is 0 Å². The van der Waals surface area contributed by atoms with Crippen molar-refractivity contribution in [1.82, 2.24) is 0 Å². The Morgan fingerprint density at radius 1 is 1.32 bits per heavy atom. The Hall–Kier alpha value is -3.00. The summed E-state index contributed by atoms with van der Waals surface area (Å²) in [6.45, 7) is -0.0359. The molecule has 0 spiro atoms. The molecule has 2 rings (SSSR count). The van der Waals surface area contributed by atoms with Crippen LogP contribution in [0.15, 0.2) is 42.5 Å². The molecule has 0 unspecified atom stereocenters. The first-order chi connectivity index (χ1) is 10.6. The predicted molar refractivity (Wildman–Crippen MR) is 81.2 cm³/mol. The molecule has 112 valence electrons. The number of halogens is 1. The van der Waals surface area contributed by atoms with Gasteiger partial charge >= 0.3 is 0 Å². The topological polar surface area (TPSA) is 58.6 Å². The largest absolute Gasteiger partial charge is 0.508 e. The van der Waals surface area contributed by atoms with E-state index in [0.717, 1.165) is 6.07 Å². The lowest BCUT2D eigenvalue weighted by Gasteiger charge is -2.11. The first kappa shape index (κ1) is 15.4. The standard InChI is InChI=1S/C17H14FNO3/c1-2-9-22-16-11-13(18)7-8-14(16)19-17(21)10-12-5-3-4-6-15(12)20/h1,3-8,11,20H,9-10H2,(H,19,21). The monoisotopic (exact) mass is 299 g/mol. The van der Waals surface area contributed by atoms with Crippen LogP contribution in [-0.4, -0.2) is 17.6 Å². The van der Waals surface area contributed by atoms with Crippen molar-refractivity contribution in [2.24, 2.45) is 0 Å². The van der Waals surface area contributed by atoms with E-state index in [0.29, 0.717) is 11.3 Å². The van der Waals surface area contributed by atoms with Crippen LogP contribution in [0.4, 0.5) is 10.1 Å². The number of anilines is 1. The lowest BCUT2D eigenvalue weighted by atomic mass is 10.1. The zero-order chi connectivity index (χ0) is 15.9. The quantitative estimate of drug-likeness (QED) is 0.835. The fraction of sp³-hybridized carbons (Fsp3) is 0.118. The molecule has 0 aliphatic heterocycles. The number of para-hydroxylation sites is 1. The van der Waals surface area contributed by atoms with Gasteiger partial charge in [0.2, 0.25) is 5.91 Å². The van der Waals surface area contributed by atoms with Crippen molar-refractivity contribution in [3.63, 3.8) is 0 Å². The number of rotatable bonds is 5. The summed E-state index contributed by atoms with van der Waals surface area (Å²) in [7, 11) is 0. The van der Waals surface area contributed by atoms with Crippen molar-refractivity contribution >= 4 is 11.6 Å². The number of aromatic hydroxyl groups is 1. The summed E-state index contributed by atoms with van der Waals surface area (Å²) in [4.78, 5) is 12.0. The lowest BCUT2D eigenvalue weighted by Crippen LogP contribution is -2.15. The number of carbonyl (C=O) groups is 1. The zero-order valence-electron chi connectivity index (χ0n) is 11.7. The van der Waals surface area contributed by atoms with Gasteiger partial charge in [0.15, 0.2) is 0 Å². The van der Waals surface area contributed by atoms with Crippen molar-refractivity contribution in [2.75, 3.05) is 11.9 Å². The van der Waals surface area contributed by atoms with E-state index in [-0.39, 0.29) is 30.4 Å². The first-order valence-corrected chi connectivity index (χ1v) is 6.52. The highest BCUT2D eigenvalue weighted by molar-refractivity contribution is 5.94. The zero-order valence-corrected chi connectivity index (χ0v) is 11.7. The smallest absolute Gasteiger partial charge is 0.229 e. The van der Waals surface area contributed by atoms with Gasteiger partial charge in [-0.2, -0.15) is 0 Å². The highest BCUT2D eigenvalue weighted by Crippen LogP contribution is 2.26. The third-order valence-corrected chi connectivity index (χ3v) is 2.87. The molecule has 0 fully saturated rings. The van der Waals surface area contributed by atoms with Crippen molar-refractivity contribution in [3.05, 3.63) is 53.8 Å². The van der Waals surface area contributed by atoms with E-state index in [1.165, 1.54) is 18.2 Å².